The molecule has 0 radical (unpaired) electrons. The second-order valence-electron chi connectivity index (χ2n) is 6.81. The molecule has 0 aliphatic carbocycles. The highest BCUT2D eigenvalue weighted by molar-refractivity contribution is 5.96. The molecule has 0 aromatic heterocycles. The van der Waals surface area contributed by atoms with Gasteiger partial charge in [0.25, 0.3) is 0 Å². The van der Waals surface area contributed by atoms with Crippen LogP contribution in [-0.4, -0.2) is 39.2 Å². The van der Waals surface area contributed by atoms with Gasteiger partial charge in [-0.15, -0.1) is 0 Å². The van der Waals surface area contributed by atoms with Gasteiger partial charge in [0.15, 0.2) is 0 Å². The Morgan fingerprint density at radius 1 is 1.14 bits per heavy atom. The van der Waals surface area contributed by atoms with Gasteiger partial charge in [0.05, 0.1) is 19.9 Å². The molecule has 0 bridgehead atoms. The fourth-order valence-corrected chi connectivity index (χ4v) is 3.20. The number of nitrogens with zero attached hydrogens (tertiary/aromatic N) is 1. The molecular formula is C21H25N3O4. The number of urea groups is 1. The highest BCUT2D eigenvalue weighted by Gasteiger charge is 2.30. The Labute approximate surface area is 164 Å². The van der Waals surface area contributed by atoms with Gasteiger partial charge in [0.2, 0.25) is 5.91 Å². The summed E-state index contributed by atoms with van der Waals surface area (Å²) in [6, 6.07) is 12.7. The molecule has 3 rings (SSSR count). The normalized spacial score (nSPS) is 16.0. The van der Waals surface area contributed by atoms with Gasteiger partial charge in [-0.25, -0.2) is 4.79 Å². The summed E-state index contributed by atoms with van der Waals surface area (Å²) in [6.07, 6.45) is 0.417. The van der Waals surface area contributed by atoms with Gasteiger partial charge in [0, 0.05) is 37.2 Å². The predicted molar refractivity (Wildman–Crippen MR) is 108 cm³/mol. The Hall–Kier alpha value is -3.22. The number of benzene rings is 2. The molecule has 1 aliphatic heterocycles. The zero-order chi connectivity index (χ0) is 20.1. The topological polar surface area (TPSA) is 79.9 Å². The van der Waals surface area contributed by atoms with Crippen LogP contribution in [0.3, 0.4) is 0 Å². The van der Waals surface area contributed by atoms with E-state index in [0.717, 1.165) is 11.3 Å². The summed E-state index contributed by atoms with van der Waals surface area (Å²) in [4.78, 5) is 26.3. The summed E-state index contributed by atoms with van der Waals surface area (Å²) < 4.78 is 10.4. The van der Waals surface area contributed by atoms with E-state index in [9.17, 15) is 9.59 Å². The summed E-state index contributed by atoms with van der Waals surface area (Å²) in [5.41, 5.74) is 2.59. The van der Waals surface area contributed by atoms with Crippen LogP contribution in [0.5, 0.6) is 11.5 Å². The number of nitrogens with one attached hydrogen (secondary N) is 2. The quantitative estimate of drug-likeness (QED) is 0.803. The lowest BCUT2D eigenvalue weighted by Crippen LogP contribution is -2.34. The van der Waals surface area contributed by atoms with E-state index >= 15 is 0 Å². The van der Waals surface area contributed by atoms with Crippen LogP contribution in [0.2, 0.25) is 0 Å². The number of hydrogen-bond acceptors (Lipinski definition) is 4. The average Bonchev–Trinajstić information content (AvgIpc) is 3.08. The van der Waals surface area contributed by atoms with E-state index in [-0.39, 0.29) is 17.9 Å². The minimum Gasteiger partial charge on any atom is -0.497 e. The van der Waals surface area contributed by atoms with Crippen LogP contribution < -0.4 is 25.0 Å². The maximum absolute atomic E-state index is 12.3. The molecule has 28 heavy (non-hydrogen) atoms. The lowest BCUT2D eigenvalue weighted by molar-refractivity contribution is -0.117. The Balaban J connectivity index is 1.54. The monoisotopic (exact) mass is 383 g/mol. The van der Waals surface area contributed by atoms with Crippen LogP contribution in [0.4, 0.5) is 16.2 Å². The number of rotatable bonds is 6. The SMILES string of the molecule is COc1ccc(NC(=O)NC[C@@H]2CC(=O)N(c3ccc(C)cc3)C2)c(OC)c1. The number of anilines is 2. The van der Waals surface area contributed by atoms with E-state index in [1.807, 2.05) is 31.2 Å². The van der Waals surface area contributed by atoms with E-state index < -0.39 is 0 Å². The summed E-state index contributed by atoms with van der Waals surface area (Å²) >= 11 is 0. The van der Waals surface area contributed by atoms with E-state index in [0.29, 0.717) is 36.7 Å². The molecule has 0 unspecified atom stereocenters. The second kappa shape index (κ2) is 8.65. The van der Waals surface area contributed by atoms with Crippen molar-refractivity contribution in [1.29, 1.82) is 0 Å². The lowest BCUT2D eigenvalue weighted by Gasteiger charge is -2.17. The fourth-order valence-electron chi connectivity index (χ4n) is 3.20. The van der Waals surface area contributed by atoms with Gasteiger partial charge in [-0.1, -0.05) is 17.7 Å². The van der Waals surface area contributed by atoms with Crippen molar-refractivity contribution in [2.24, 2.45) is 5.92 Å². The first-order chi connectivity index (χ1) is 13.5. The maximum atomic E-state index is 12.3. The number of amides is 3. The van der Waals surface area contributed by atoms with Crippen molar-refractivity contribution >= 4 is 23.3 Å². The van der Waals surface area contributed by atoms with Gasteiger partial charge in [-0.05, 0) is 31.2 Å². The molecule has 1 aliphatic rings. The van der Waals surface area contributed by atoms with E-state index in [2.05, 4.69) is 10.6 Å². The summed E-state index contributed by atoms with van der Waals surface area (Å²) in [5, 5.41) is 5.61. The van der Waals surface area contributed by atoms with Crippen molar-refractivity contribution < 1.29 is 19.1 Å². The van der Waals surface area contributed by atoms with Crippen molar-refractivity contribution in [3.05, 3.63) is 48.0 Å². The number of hydrogen-bond donors (Lipinski definition) is 2. The molecule has 1 atom stereocenters. The van der Waals surface area contributed by atoms with Crippen LogP contribution in [0.1, 0.15) is 12.0 Å². The van der Waals surface area contributed by atoms with Gasteiger partial charge < -0.3 is 25.0 Å². The molecule has 7 nitrogen and oxygen atoms in total. The molecule has 1 heterocycles. The first-order valence-corrected chi connectivity index (χ1v) is 9.14. The van der Waals surface area contributed by atoms with E-state index in [1.165, 1.54) is 7.11 Å². The fraction of sp³-hybridized carbons (Fsp3) is 0.333. The van der Waals surface area contributed by atoms with Crippen molar-refractivity contribution in [2.75, 3.05) is 37.5 Å². The minimum atomic E-state index is -0.343. The first kappa shape index (κ1) is 19.5. The van der Waals surface area contributed by atoms with Gasteiger partial charge in [-0.2, -0.15) is 0 Å². The molecular weight excluding hydrogens is 358 g/mol. The number of carbonyl (C=O) groups excluding carboxylic acids is 2. The predicted octanol–water partition coefficient (Wildman–Crippen LogP) is 3.19. The van der Waals surface area contributed by atoms with Crippen LogP contribution in [-0.2, 0) is 4.79 Å². The average molecular weight is 383 g/mol. The number of aryl methyl sites for hydroxylation is 1. The molecule has 1 saturated heterocycles. The molecule has 2 N–H and O–H groups in total. The third-order valence-corrected chi connectivity index (χ3v) is 4.76. The van der Waals surface area contributed by atoms with Gasteiger partial charge in [0.1, 0.15) is 11.5 Å². The van der Waals surface area contributed by atoms with E-state index in [4.69, 9.17) is 9.47 Å². The smallest absolute Gasteiger partial charge is 0.319 e. The number of ether oxygens (including phenoxy) is 2. The molecule has 0 spiro atoms. The van der Waals surface area contributed by atoms with E-state index in [1.54, 1.807) is 30.2 Å². The van der Waals surface area contributed by atoms with Crippen LogP contribution in [0.15, 0.2) is 42.5 Å². The van der Waals surface area contributed by atoms with Crippen LogP contribution in [0, 0.1) is 12.8 Å². The van der Waals surface area contributed by atoms with Crippen molar-refractivity contribution in [3.8, 4) is 11.5 Å². The number of methoxy groups -OCH3 is 2. The highest BCUT2D eigenvalue weighted by atomic mass is 16.5. The molecule has 3 amide bonds. The Bertz CT molecular complexity index is 851. The third kappa shape index (κ3) is 4.54. The first-order valence-electron chi connectivity index (χ1n) is 9.14. The second-order valence-corrected chi connectivity index (χ2v) is 6.81. The standard InChI is InChI=1S/C21H25N3O4/c1-14-4-6-16(7-5-14)24-13-15(10-20(24)25)12-22-21(26)23-18-9-8-17(27-2)11-19(18)28-3/h4-9,11,15H,10,12-13H2,1-3H3,(H2,22,23,26)/t15-/m0/s1. The Kier molecular flexibility index (Phi) is 6.03. The summed E-state index contributed by atoms with van der Waals surface area (Å²) in [5.74, 6) is 1.30. The van der Waals surface area contributed by atoms with Gasteiger partial charge in [-0.3, -0.25) is 4.79 Å². The maximum Gasteiger partial charge on any atom is 0.319 e. The minimum absolute atomic E-state index is 0.0670. The van der Waals surface area contributed by atoms with Crippen molar-refractivity contribution in [1.82, 2.24) is 5.32 Å². The molecule has 2 aromatic carbocycles. The van der Waals surface area contributed by atoms with Crippen LogP contribution in [0.25, 0.3) is 0 Å². The molecule has 2 aromatic rings. The van der Waals surface area contributed by atoms with Crippen molar-refractivity contribution in [2.45, 2.75) is 13.3 Å². The Morgan fingerprint density at radius 2 is 1.89 bits per heavy atom. The highest BCUT2D eigenvalue weighted by Crippen LogP contribution is 2.29. The van der Waals surface area contributed by atoms with Crippen molar-refractivity contribution in [3.63, 3.8) is 0 Å². The summed E-state index contributed by atoms with van der Waals surface area (Å²) in [7, 11) is 3.10. The lowest BCUT2D eigenvalue weighted by atomic mass is 10.1. The molecule has 0 saturated carbocycles. The number of carbonyl (C=O) groups is 2. The van der Waals surface area contributed by atoms with Gasteiger partial charge >= 0.3 is 6.03 Å². The Morgan fingerprint density at radius 3 is 2.57 bits per heavy atom. The molecule has 1 fully saturated rings. The zero-order valence-electron chi connectivity index (χ0n) is 16.3. The molecule has 148 valence electrons. The molecule has 7 heteroatoms. The largest absolute Gasteiger partial charge is 0.497 e. The summed E-state index contributed by atoms with van der Waals surface area (Å²) in [6.45, 7) is 3.02. The third-order valence-electron chi connectivity index (χ3n) is 4.76. The van der Waals surface area contributed by atoms with Crippen LogP contribution >= 0.6 is 0 Å². The zero-order valence-corrected chi connectivity index (χ0v) is 16.3.